The monoisotopic (exact) mass is 351 g/mol. The molecule has 0 amide bonds. The van der Waals surface area contributed by atoms with Crippen LogP contribution in [0.15, 0.2) is 66.2 Å². The Hall–Kier alpha value is -2.99. The second-order valence-corrected chi connectivity index (χ2v) is 6.51. The number of carbonyl (C=O) groups is 1. The maximum absolute atomic E-state index is 12.3. The van der Waals surface area contributed by atoms with Crippen molar-refractivity contribution in [3.8, 4) is 0 Å². The molecule has 0 bridgehead atoms. The van der Waals surface area contributed by atoms with Gasteiger partial charge in [-0.3, -0.25) is 10.1 Å². The van der Waals surface area contributed by atoms with E-state index in [2.05, 4.69) is 0 Å². The van der Waals surface area contributed by atoms with Crippen LogP contribution < -0.4 is 0 Å². The summed E-state index contributed by atoms with van der Waals surface area (Å²) in [7, 11) is 1.35. The van der Waals surface area contributed by atoms with E-state index in [0.29, 0.717) is 12.0 Å². The smallest absolute Gasteiger partial charge is 0.334 e. The van der Waals surface area contributed by atoms with E-state index in [0.717, 1.165) is 11.1 Å². The maximum atomic E-state index is 12.3. The number of fused-ring (bicyclic) bond motifs is 1. The van der Waals surface area contributed by atoms with Crippen molar-refractivity contribution in [2.24, 2.45) is 0 Å². The molecule has 26 heavy (non-hydrogen) atoms. The van der Waals surface area contributed by atoms with Crippen LogP contribution in [0.1, 0.15) is 23.5 Å². The minimum Gasteiger partial charge on any atom is -0.466 e. The predicted molar refractivity (Wildman–Crippen MR) is 93.5 cm³/mol. The zero-order chi connectivity index (χ0) is 18.3. The molecule has 3 atom stereocenters. The van der Waals surface area contributed by atoms with Crippen molar-refractivity contribution in [2.45, 2.75) is 24.0 Å². The highest BCUT2D eigenvalue weighted by atomic mass is 16.6. The quantitative estimate of drug-likeness (QED) is 0.364. The van der Waals surface area contributed by atoms with Gasteiger partial charge in [0.05, 0.1) is 12.0 Å². The fraction of sp³-hybridized carbons (Fsp3) is 0.250. The molecule has 132 valence electrons. The lowest BCUT2D eigenvalue weighted by molar-refractivity contribution is -0.384. The van der Waals surface area contributed by atoms with Gasteiger partial charge in [0.2, 0.25) is 0 Å². The van der Waals surface area contributed by atoms with E-state index < -0.39 is 16.5 Å². The molecule has 1 aliphatic heterocycles. The molecular weight excluding hydrogens is 334 g/mol. The van der Waals surface area contributed by atoms with E-state index in [1.807, 2.05) is 36.4 Å². The van der Waals surface area contributed by atoms with Crippen LogP contribution in [0.3, 0.4) is 0 Å². The number of hydrogen-bond acceptors (Lipinski definition) is 5. The molecule has 2 aliphatic rings. The molecular formula is C20H17NO5. The highest BCUT2D eigenvalue weighted by Crippen LogP contribution is 2.58. The van der Waals surface area contributed by atoms with Gasteiger partial charge in [0.1, 0.15) is 11.7 Å². The number of nitro groups is 1. The molecule has 0 N–H and O–H groups in total. The Kier molecular flexibility index (Phi) is 3.85. The molecule has 1 aliphatic carbocycles. The number of benzene rings is 2. The summed E-state index contributed by atoms with van der Waals surface area (Å²) in [6.45, 7) is 0. The third kappa shape index (κ3) is 2.59. The average molecular weight is 351 g/mol. The molecule has 1 fully saturated rings. The minimum atomic E-state index is -0.453. The standard InChI is InChI=1S/C20H17NO5/c1-25-19(22)16-11-18-20(26-18,14-5-3-2-4-6-14)12-17(16)13-7-9-15(10-8-13)21(23)24/h2-11,17-18H,12H2,1H3/t17-,18-,20-/m0/s1. The minimum absolute atomic E-state index is 0.0199. The number of non-ortho nitro benzene ring substituents is 1. The van der Waals surface area contributed by atoms with Crippen molar-refractivity contribution in [2.75, 3.05) is 7.11 Å². The Morgan fingerprint density at radius 3 is 2.50 bits per heavy atom. The molecule has 1 saturated heterocycles. The first-order chi connectivity index (χ1) is 12.5. The number of epoxide rings is 1. The van der Waals surface area contributed by atoms with Crippen molar-refractivity contribution >= 4 is 11.7 Å². The SMILES string of the molecule is COC(=O)C1=C[C@@H]2O[C@]2(c2ccccc2)C[C@H]1c1ccc([N+](=O)[O-])cc1. The van der Waals surface area contributed by atoms with Gasteiger partial charge in [0.15, 0.2) is 0 Å². The van der Waals surface area contributed by atoms with Gasteiger partial charge in [-0.25, -0.2) is 4.79 Å². The van der Waals surface area contributed by atoms with Gasteiger partial charge in [-0.05, 0) is 23.6 Å². The summed E-state index contributed by atoms with van der Waals surface area (Å²) in [4.78, 5) is 22.7. The van der Waals surface area contributed by atoms with E-state index >= 15 is 0 Å². The summed E-state index contributed by atoms with van der Waals surface area (Å²) >= 11 is 0. The number of methoxy groups -OCH3 is 1. The maximum Gasteiger partial charge on any atom is 0.334 e. The second-order valence-electron chi connectivity index (χ2n) is 6.51. The Balaban J connectivity index is 1.73. The number of nitrogens with zero attached hydrogens (tertiary/aromatic N) is 1. The summed E-state index contributed by atoms with van der Waals surface area (Å²) in [5.74, 6) is -0.646. The van der Waals surface area contributed by atoms with Gasteiger partial charge in [0, 0.05) is 23.6 Å². The Morgan fingerprint density at radius 1 is 1.19 bits per heavy atom. The van der Waals surface area contributed by atoms with Crippen LogP contribution in [0, 0.1) is 10.1 Å². The number of carbonyl (C=O) groups excluding carboxylic acids is 1. The van der Waals surface area contributed by atoms with Crippen LogP contribution in [0.5, 0.6) is 0 Å². The van der Waals surface area contributed by atoms with E-state index in [4.69, 9.17) is 9.47 Å². The van der Waals surface area contributed by atoms with E-state index in [1.165, 1.54) is 19.2 Å². The lowest BCUT2D eigenvalue weighted by Crippen LogP contribution is -2.26. The number of hydrogen-bond donors (Lipinski definition) is 0. The molecule has 4 rings (SSSR count). The van der Waals surface area contributed by atoms with Crippen LogP contribution in [0.4, 0.5) is 5.69 Å². The zero-order valence-electron chi connectivity index (χ0n) is 14.1. The van der Waals surface area contributed by atoms with Gasteiger partial charge in [-0.1, -0.05) is 42.5 Å². The van der Waals surface area contributed by atoms with E-state index in [-0.39, 0.29) is 17.7 Å². The third-order valence-electron chi connectivity index (χ3n) is 5.14. The van der Waals surface area contributed by atoms with E-state index in [1.54, 1.807) is 12.1 Å². The van der Waals surface area contributed by atoms with E-state index in [9.17, 15) is 14.9 Å². The molecule has 0 aromatic heterocycles. The topological polar surface area (TPSA) is 82.0 Å². The highest BCUT2D eigenvalue weighted by Gasteiger charge is 2.60. The second kappa shape index (κ2) is 6.07. The summed E-state index contributed by atoms with van der Waals surface area (Å²) < 4.78 is 10.9. The zero-order valence-corrected chi connectivity index (χ0v) is 14.1. The van der Waals surface area contributed by atoms with Crippen LogP contribution in [0.2, 0.25) is 0 Å². The van der Waals surface area contributed by atoms with Gasteiger partial charge >= 0.3 is 5.97 Å². The first-order valence-electron chi connectivity index (χ1n) is 8.33. The van der Waals surface area contributed by atoms with Gasteiger partial charge in [-0.2, -0.15) is 0 Å². The molecule has 0 radical (unpaired) electrons. The van der Waals surface area contributed by atoms with Crippen LogP contribution >= 0.6 is 0 Å². The fourth-order valence-corrected chi connectivity index (χ4v) is 3.74. The van der Waals surface area contributed by atoms with Crippen molar-refractivity contribution < 1.29 is 19.2 Å². The number of rotatable bonds is 4. The van der Waals surface area contributed by atoms with Gasteiger partial charge in [-0.15, -0.1) is 0 Å². The van der Waals surface area contributed by atoms with Crippen molar-refractivity contribution in [3.63, 3.8) is 0 Å². The molecule has 0 unspecified atom stereocenters. The van der Waals surface area contributed by atoms with Crippen molar-refractivity contribution in [1.82, 2.24) is 0 Å². The molecule has 0 spiro atoms. The normalized spacial score (nSPS) is 26.4. The van der Waals surface area contributed by atoms with Gasteiger partial charge in [0.25, 0.3) is 5.69 Å². The highest BCUT2D eigenvalue weighted by molar-refractivity contribution is 5.91. The lowest BCUT2D eigenvalue weighted by atomic mass is 9.74. The number of ether oxygens (including phenoxy) is 2. The average Bonchev–Trinajstić information content (AvgIpc) is 3.42. The summed E-state index contributed by atoms with van der Waals surface area (Å²) in [5, 5.41) is 10.9. The van der Waals surface area contributed by atoms with Crippen LogP contribution in [-0.2, 0) is 19.9 Å². The third-order valence-corrected chi connectivity index (χ3v) is 5.14. The van der Waals surface area contributed by atoms with Crippen LogP contribution in [0.25, 0.3) is 0 Å². The Labute approximate surface area is 150 Å². The molecule has 2 aromatic carbocycles. The summed E-state index contributed by atoms with van der Waals surface area (Å²) in [6.07, 6.45) is 2.25. The molecule has 6 heteroatoms. The lowest BCUT2D eigenvalue weighted by Gasteiger charge is -2.27. The Morgan fingerprint density at radius 2 is 1.88 bits per heavy atom. The molecule has 6 nitrogen and oxygen atoms in total. The molecule has 2 aromatic rings. The van der Waals surface area contributed by atoms with Gasteiger partial charge < -0.3 is 9.47 Å². The number of nitro benzene ring substituents is 1. The molecule has 1 heterocycles. The first kappa shape index (κ1) is 16.5. The Bertz CT molecular complexity index is 890. The van der Waals surface area contributed by atoms with Crippen LogP contribution in [-0.4, -0.2) is 24.1 Å². The first-order valence-corrected chi connectivity index (χ1v) is 8.33. The van der Waals surface area contributed by atoms with Crippen molar-refractivity contribution in [1.29, 1.82) is 0 Å². The predicted octanol–water partition coefficient (Wildman–Crippen LogP) is 3.48. The largest absolute Gasteiger partial charge is 0.466 e. The van der Waals surface area contributed by atoms with Crippen molar-refractivity contribution in [3.05, 3.63) is 87.5 Å². The summed E-state index contributed by atoms with van der Waals surface area (Å²) in [6, 6.07) is 16.2. The number of esters is 1. The summed E-state index contributed by atoms with van der Waals surface area (Å²) in [5.41, 5.74) is 2.00. The molecule has 0 saturated carbocycles. The fourth-order valence-electron chi connectivity index (χ4n) is 3.74.